The van der Waals surface area contributed by atoms with Crippen LogP contribution in [0.5, 0.6) is 0 Å². The Balaban J connectivity index is 1.48. The van der Waals surface area contributed by atoms with Crippen molar-refractivity contribution in [3.05, 3.63) is 0 Å². The smallest absolute Gasteiger partial charge is 0.317 e. The third kappa shape index (κ3) is 4.05. The van der Waals surface area contributed by atoms with Crippen LogP contribution in [0.4, 0.5) is 4.79 Å². The van der Waals surface area contributed by atoms with Gasteiger partial charge in [-0.1, -0.05) is 6.92 Å². The van der Waals surface area contributed by atoms with E-state index in [-0.39, 0.29) is 11.6 Å². The van der Waals surface area contributed by atoms with Crippen molar-refractivity contribution in [2.75, 3.05) is 45.9 Å². The molecule has 0 aromatic carbocycles. The van der Waals surface area contributed by atoms with Gasteiger partial charge in [0.1, 0.15) is 0 Å². The number of carbonyl (C=O) groups excluding carboxylic acids is 1. The van der Waals surface area contributed by atoms with Crippen molar-refractivity contribution in [2.45, 2.75) is 58.4 Å². The largest absolute Gasteiger partial charge is 0.381 e. The maximum absolute atomic E-state index is 12.6. The number of piperidine rings is 1. The Morgan fingerprint density at radius 2 is 2.00 bits per heavy atom. The summed E-state index contributed by atoms with van der Waals surface area (Å²) in [7, 11) is 0. The second kappa shape index (κ2) is 7.20. The summed E-state index contributed by atoms with van der Waals surface area (Å²) >= 11 is 0. The summed E-state index contributed by atoms with van der Waals surface area (Å²) < 4.78 is 5.50. The van der Waals surface area contributed by atoms with Gasteiger partial charge < -0.3 is 15.0 Å². The fraction of sp³-hybridized carbons (Fsp3) is 0.947. The van der Waals surface area contributed by atoms with Crippen LogP contribution >= 0.6 is 0 Å². The Kier molecular flexibility index (Phi) is 5.40. The third-order valence-corrected chi connectivity index (χ3v) is 6.46. The highest BCUT2D eigenvalue weighted by Gasteiger charge is 2.41. The van der Waals surface area contributed by atoms with E-state index in [1.807, 2.05) is 4.90 Å². The number of amides is 2. The van der Waals surface area contributed by atoms with Gasteiger partial charge in [0.15, 0.2) is 0 Å². The normalized spacial score (nSPS) is 28.3. The average Bonchev–Trinajstić information content (AvgIpc) is 2.97. The molecule has 3 saturated heterocycles. The van der Waals surface area contributed by atoms with Crippen LogP contribution in [0.1, 0.15) is 52.9 Å². The maximum atomic E-state index is 12.6. The molecule has 0 aliphatic carbocycles. The topological polar surface area (TPSA) is 44.8 Å². The molecule has 0 radical (unpaired) electrons. The lowest BCUT2D eigenvalue weighted by Crippen LogP contribution is -2.56. The second-order valence-corrected chi connectivity index (χ2v) is 8.95. The van der Waals surface area contributed by atoms with E-state index in [1.165, 1.54) is 12.8 Å². The fourth-order valence-electron chi connectivity index (χ4n) is 4.58. The van der Waals surface area contributed by atoms with Crippen LogP contribution in [0.15, 0.2) is 0 Å². The highest BCUT2D eigenvalue weighted by molar-refractivity contribution is 5.74. The first kappa shape index (κ1) is 18.0. The van der Waals surface area contributed by atoms with Crippen LogP contribution in [0.25, 0.3) is 0 Å². The molecule has 3 heterocycles. The van der Waals surface area contributed by atoms with Crippen LogP contribution in [-0.4, -0.2) is 67.3 Å². The molecule has 24 heavy (non-hydrogen) atoms. The SMILES string of the molecule is C[C@@H]1CCCN(C(C)(C)CNC(=O)N2CCC3(CCOCC3)C2)C1. The minimum absolute atomic E-state index is 0.0282. The van der Waals surface area contributed by atoms with E-state index < -0.39 is 0 Å². The van der Waals surface area contributed by atoms with Crippen molar-refractivity contribution in [2.24, 2.45) is 11.3 Å². The van der Waals surface area contributed by atoms with E-state index in [1.54, 1.807) is 0 Å². The van der Waals surface area contributed by atoms with Crippen molar-refractivity contribution in [1.29, 1.82) is 0 Å². The van der Waals surface area contributed by atoms with Crippen LogP contribution in [-0.2, 0) is 4.74 Å². The lowest BCUT2D eigenvalue weighted by Gasteiger charge is -2.43. The van der Waals surface area contributed by atoms with E-state index in [9.17, 15) is 4.79 Å². The Morgan fingerprint density at radius 3 is 2.71 bits per heavy atom. The van der Waals surface area contributed by atoms with Gasteiger partial charge in [0, 0.05) is 44.9 Å². The lowest BCUT2D eigenvalue weighted by molar-refractivity contribution is 0.0207. The Bertz CT molecular complexity index is 446. The number of ether oxygens (including phenoxy) is 1. The van der Waals surface area contributed by atoms with E-state index in [0.29, 0.717) is 5.41 Å². The number of hydrogen-bond donors (Lipinski definition) is 1. The first-order chi connectivity index (χ1) is 11.4. The molecule has 5 nitrogen and oxygen atoms in total. The van der Waals surface area contributed by atoms with Gasteiger partial charge >= 0.3 is 6.03 Å². The summed E-state index contributed by atoms with van der Waals surface area (Å²) in [5, 5.41) is 3.21. The fourth-order valence-corrected chi connectivity index (χ4v) is 4.58. The first-order valence-corrected chi connectivity index (χ1v) is 9.76. The van der Waals surface area contributed by atoms with E-state index in [4.69, 9.17) is 4.74 Å². The molecular weight excluding hydrogens is 302 g/mol. The van der Waals surface area contributed by atoms with Crippen molar-refractivity contribution in [1.82, 2.24) is 15.1 Å². The predicted octanol–water partition coefficient (Wildman–Crippen LogP) is 2.71. The summed E-state index contributed by atoms with van der Waals surface area (Å²) in [6.07, 6.45) is 5.95. The number of nitrogens with zero attached hydrogens (tertiary/aromatic N) is 2. The zero-order valence-electron chi connectivity index (χ0n) is 15.8. The molecule has 0 unspecified atom stereocenters. The minimum Gasteiger partial charge on any atom is -0.381 e. The highest BCUT2D eigenvalue weighted by Crippen LogP contribution is 2.39. The molecule has 1 N–H and O–H groups in total. The van der Waals surface area contributed by atoms with Crippen LogP contribution in [0.3, 0.4) is 0 Å². The molecule has 0 aromatic heterocycles. The number of carbonyl (C=O) groups is 1. The Labute approximate surface area is 147 Å². The molecule has 3 rings (SSSR count). The zero-order chi connectivity index (χ0) is 17.2. The summed E-state index contributed by atoms with van der Waals surface area (Å²) in [5.41, 5.74) is 0.355. The molecule has 5 heteroatoms. The van der Waals surface area contributed by atoms with Crippen LogP contribution in [0.2, 0.25) is 0 Å². The predicted molar refractivity (Wildman–Crippen MR) is 96.1 cm³/mol. The monoisotopic (exact) mass is 337 g/mol. The van der Waals surface area contributed by atoms with Crippen molar-refractivity contribution in [3.8, 4) is 0 Å². The van der Waals surface area contributed by atoms with Crippen molar-refractivity contribution >= 4 is 6.03 Å². The average molecular weight is 338 g/mol. The number of nitrogens with one attached hydrogen (secondary N) is 1. The zero-order valence-corrected chi connectivity index (χ0v) is 15.8. The van der Waals surface area contributed by atoms with Gasteiger partial charge in [-0.15, -0.1) is 0 Å². The van der Waals surface area contributed by atoms with Gasteiger partial charge in [-0.25, -0.2) is 4.79 Å². The highest BCUT2D eigenvalue weighted by atomic mass is 16.5. The van der Waals surface area contributed by atoms with Crippen molar-refractivity contribution in [3.63, 3.8) is 0 Å². The van der Waals surface area contributed by atoms with Crippen LogP contribution in [0, 0.1) is 11.3 Å². The summed E-state index contributed by atoms with van der Waals surface area (Å²) in [5.74, 6) is 0.765. The van der Waals surface area contributed by atoms with Gasteiger partial charge in [-0.05, 0) is 63.8 Å². The summed E-state index contributed by atoms with van der Waals surface area (Å²) in [6.45, 7) is 13.4. The van der Waals surface area contributed by atoms with Gasteiger partial charge in [0.25, 0.3) is 0 Å². The maximum Gasteiger partial charge on any atom is 0.317 e. The van der Waals surface area contributed by atoms with Gasteiger partial charge in [0.05, 0.1) is 0 Å². The molecule has 3 aliphatic rings. The Hall–Kier alpha value is -0.810. The molecular formula is C19H35N3O2. The third-order valence-electron chi connectivity index (χ3n) is 6.46. The molecule has 0 bridgehead atoms. The van der Waals surface area contributed by atoms with E-state index >= 15 is 0 Å². The summed E-state index contributed by atoms with van der Waals surface area (Å²) in [4.78, 5) is 17.2. The summed E-state index contributed by atoms with van der Waals surface area (Å²) in [6, 6.07) is 0.122. The van der Waals surface area contributed by atoms with Gasteiger partial charge in [-0.2, -0.15) is 0 Å². The number of likely N-dealkylation sites (tertiary alicyclic amines) is 2. The number of hydrogen-bond acceptors (Lipinski definition) is 3. The number of rotatable bonds is 3. The molecule has 3 aliphatic heterocycles. The van der Waals surface area contributed by atoms with E-state index in [0.717, 1.165) is 71.1 Å². The molecule has 1 atom stereocenters. The standard InChI is InChI=1S/C19H35N3O2/c1-16-5-4-9-22(13-16)18(2,3)14-20-17(23)21-10-6-19(15-21)7-11-24-12-8-19/h16H,4-15H2,1-3H3,(H,20,23)/t16-/m1/s1. The number of urea groups is 1. The molecule has 1 spiro atoms. The van der Waals surface area contributed by atoms with Crippen LogP contribution < -0.4 is 5.32 Å². The molecule has 138 valence electrons. The van der Waals surface area contributed by atoms with Gasteiger partial charge in [0.2, 0.25) is 0 Å². The van der Waals surface area contributed by atoms with Crippen molar-refractivity contribution < 1.29 is 9.53 Å². The minimum atomic E-state index is 0.0282. The Morgan fingerprint density at radius 1 is 1.25 bits per heavy atom. The second-order valence-electron chi connectivity index (χ2n) is 8.95. The molecule has 3 fully saturated rings. The molecule has 2 amide bonds. The first-order valence-electron chi connectivity index (χ1n) is 9.76. The quantitative estimate of drug-likeness (QED) is 0.861. The molecule has 0 saturated carbocycles. The molecule has 0 aromatic rings. The lowest BCUT2D eigenvalue weighted by atomic mass is 9.80. The van der Waals surface area contributed by atoms with Gasteiger partial charge in [-0.3, -0.25) is 4.90 Å². The van der Waals surface area contributed by atoms with E-state index in [2.05, 4.69) is 31.0 Å².